The molecule has 25 heavy (non-hydrogen) atoms. The first-order valence-electron chi connectivity index (χ1n) is 7.38. The maximum absolute atomic E-state index is 12.1. The summed E-state index contributed by atoms with van der Waals surface area (Å²) in [5.41, 5.74) is 1.79. The van der Waals surface area contributed by atoms with E-state index in [1.807, 2.05) is 0 Å². The Morgan fingerprint density at radius 1 is 1.20 bits per heavy atom. The van der Waals surface area contributed by atoms with Crippen molar-refractivity contribution in [1.29, 1.82) is 0 Å². The third-order valence-corrected chi connectivity index (χ3v) is 4.72. The van der Waals surface area contributed by atoms with E-state index < -0.39 is 9.84 Å². The van der Waals surface area contributed by atoms with Crippen molar-refractivity contribution in [2.24, 2.45) is 0 Å². The Kier molecular flexibility index (Phi) is 5.92. The molecule has 0 aromatic heterocycles. The van der Waals surface area contributed by atoms with Crippen molar-refractivity contribution in [3.8, 4) is 5.75 Å². The number of sulfone groups is 1. The van der Waals surface area contributed by atoms with Crippen LogP contribution >= 0.6 is 11.6 Å². The van der Waals surface area contributed by atoms with Crippen molar-refractivity contribution in [2.45, 2.75) is 11.8 Å². The van der Waals surface area contributed by atoms with Crippen molar-refractivity contribution in [2.75, 3.05) is 30.5 Å². The first kappa shape index (κ1) is 19.1. The van der Waals surface area contributed by atoms with Gasteiger partial charge in [0.15, 0.2) is 15.6 Å². The number of halogens is 1. The maximum atomic E-state index is 12.1. The number of benzene rings is 2. The molecule has 1 amide bonds. The number of anilines is 2. The molecular weight excluding hydrogens is 364 g/mol. The molecule has 0 aliphatic heterocycles. The minimum Gasteiger partial charge on any atom is -0.493 e. The average molecular weight is 383 g/mol. The molecule has 8 heteroatoms. The minimum atomic E-state index is -3.46. The summed E-state index contributed by atoms with van der Waals surface area (Å²) in [7, 11) is -2.07. The van der Waals surface area contributed by atoms with Crippen molar-refractivity contribution in [3.05, 3.63) is 47.0 Å². The molecule has 0 bridgehead atoms. The second-order valence-corrected chi connectivity index (χ2v) is 7.95. The van der Waals surface area contributed by atoms with Crippen LogP contribution in [0.5, 0.6) is 5.75 Å². The van der Waals surface area contributed by atoms with E-state index in [0.717, 1.165) is 11.8 Å². The molecule has 0 fully saturated rings. The molecule has 0 unspecified atom stereocenters. The van der Waals surface area contributed by atoms with Crippen LogP contribution in [-0.2, 0) is 14.6 Å². The molecule has 2 N–H and O–H groups in total. The number of hydrogen-bond acceptors (Lipinski definition) is 5. The van der Waals surface area contributed by atoms with E-state index in [1.165, 1.54) is 13.2 Å². The van der Waals surface area contributed by atoms with Gasteiger partial charge in [0.1, 0.15) is 4.90 Å². The van der Waals surface area contributed by atoms with Gasteiger partial charge in [-0.05, 0) is 48.9 Å². The highest BCUT2D eigenvalue weighted by Crippen LogP contribution is 2.33. The van der Waals surface area contributed by atoms with Crippen molar-refractivity contribution >= 4 is 38.7 Å². The lowest BCUT2D eigenvalue weighted by atomic mass is 10.2. The Morgan fingerprint density at radius 3 is 2.40 bits per heavy atom. The van der Waals surface area contributed by atoms with Gasteiger partial charge < -0.3 is 15.4 Å². The lowest BCUT2D eigenvalue weighted by molar-refractivity contribution is -0.114. The number of rotatable bonds is 6. The van der Waals surface area contributed by atoms with Crippen molar-refractivity contribution in [3.63, 3.8) is 0 Å². The molecule has 0 aliphatic carbocycles. The van der Waals surface area contributed by atoms with Crippen LogP contribution in [0, 0.1) is 6.92 Å². The Morgan fingerprint density at radius 2 is 1.84 bits per heavy atom. The van der Waals surface area contributed by atoms with Gasteiger partial charge in [0, 0.05) is 17.0 Å². The zero-order chi connectivity index (χ0) is 18.6. The van der Waals surface area contributed by atoms with Crippen LogP contribution in [-0.4, -0.2) is 34.2 Å². The quantitative estimate of drug-likeness (QED) is 0.801. The van der Waals surface area contributed by atoms with Gasteiger partial charge in [0.25, 0.3) is 0 Å². The number of carbonyl (C=O) groups excluding carboxylic acids is 1. The van der Waals surface area contributed by atoms with Crippen molar-refractivity contribution < 1.29 is 17.9 Å². The maximum Gasteiger partial charge on any atom is 0.243 e. The number of amides is 1. The minimum absolute atomic E-state index is 0.0500. The van der Waals surface area contributed by atoms with Gasteiger partial charge in [-0.1, -0.05) is 11.6 Å². The predicted octanol–water partition coefficient (Wildman–Crippen LogP) is 3.11. The Hall–Kier alpha value is -2.25. The molecule has 0 heterocycles. The molecular formula is C17H19ClN2O4S. The van der Waals surface area contributed by atoms with E-state index >= 15 is 0 Å². The number of aryl methyl sites for hydroxylation is 1. The van der Waals surface area contributed by atoms with E-state index in [0.29, 0.717) is 16.4 Å². The van der Waals surface area contributed by atoms with E-state index in [1.54, 1.807) is 37.3 Å². The van der Waals surface area contributed by atoms with Gasteiger partial charge in [-0.15, -0.1) is 0 Å². The standard InChI is InChI=1S/C17H19ClN2O4S/c1-11-8-14(17(24-2)15(9-11)25(3,22)23)19-10-16(21)20-13-6-4-12(18)5-7-13/h4-9,19H,10H2,1-3H3,(H,20,21). The lowest BCUT2D eigenvalue weighted by Crippen LogP contribution is -2.22. The highest BCUT2D eigenvalue weighted by atomic mass is 35.5. The Labute approximate surface area is 152 Å². The summed E-state index contributed by atoms with van der Waals surface area (Å²) in [5, 5.41) is 6.22. The molecule has 134 valence electrons. The Balaban J connectivity index is 2.16. The average Bonchev–Trinajstić information content (AvgIpc) is 2.53. The fourth-order valence-electron chi connectivity index (χ4n) is 2.27. The first-order chi connectivity index (χ1) is 11.7. The topological polar surface area (TPSA) is 84.5 Å². The number of hydrogen-bond donors (Lipinski definition) is 2. The fourth-order valence-corrected chi connectivity index (χ4v) is 3.33. The van der Waals surface area contributed by atoms with Gasteiger partial charge in [0.2, 0.25) is 5.91 Å². The predicted molar refractivity (Wildman–Crippen MR) is 99.4 cm³/mol. The Bertz CT molecular complexity index is 880. The second-order valence-electron chi connectivity index (χ2n) is 5.52. The highest BCUT2D eigenvalue weighted by Gasteiger charge is 2.19. The van der Waals surface area contributed by atoms with E-state index in [9.17, 15) is 13.2 Å². The zero-order valence-corrected chi connectivity index (χ0v) is 15.7. The van der Waals surface area contributed by atoms with Crippen LogP contribution in [0.15, 0.2) is 41.3 Å². The van der Waals surface area contributed by atoms with Gasteiger partial charge in [-0.2, -0.15) is 0 Å². The summed E-state index contributed by atoms with van der Waals surface area (Å²) in [5.74, 6) is -0.0980. The third kappa shape index (κ3) is 5.11. The first-order valence-corrected chi connectivity index (χ1v) is 9.65. The summed E-state index contributed by atoms with van der Waals surface area (Å²) in [6.07, 6.45) is 1.11. The highest BCUT2D eigenvalue weighted by molar-refractivity contribution is 7.90. The zero-order valence-electron chi connectivity index (χ0n) is 14.1. The second kappa shape index (κ2) is 7.76. The monoisotopic (exact) mass is 382 g/mol. The van der Waals surface area contributed by atoms with Crippen LogP contribution < -0.4 is 15.4 Å². The van der Waals surface area contributed by atoms with Gasteiger partial charge in [-0.3, -0.25) is 4.79 Å². The van der Waals surface area contributed by atoms with Crippen molar-refractivity contribution in [1.82, 2.24) is 0 Å². The molecule has 2 aromatic carbocycles. The van der Waals surface area contributed by atoms with Crippen LogP contribution in [0.2, 0.25) is 5.02 Å². The molecule has 2 rings (SSSR count). The van der Waals surface area contributed by atoms with Crippen LogP contribution in [0.1, 0.15) is 5.56 Å². The van der Waals surface area contributed by atoms with E-state index in [-0.39, 0.29) is 23.1 Å². The van der Waals surface area contributed by atoms with Gasteiger partial charge >= 0.3 is 0 Å². The van der Waals surface area contributed by atoms with E-state index in [2.05, 4.69) is 10.6 Å². The number of methoxy groups -OCH3 is 1. The fraction of sp³-hybridized carbons (Fsp3) is 0.235. The molecule has 0 saturated heterocycles. The van der Waals surface area contributed by atoms with Crippen LogP contribution in [0.3, 0.4) is 0 Å². The summed E-state index contributed by atoms with van der Waals surface area (Å²) in [6.45, 7) is 1.72. The summed E-state index contributed by atoms with van der Waals surface area (Å²) in [6, 6.07) is 9.99. The van der Waals surface area contributed by atoms with E-state index in [4.69, 9.17) is 16.3 Å². The third-order valence-electron chi connectivity index (χ3n) is 3.37. The molecule has 0 atom stereocenters. The smallest absolute Gasteiger partial charge is 0.243 e. The summed E-state index contributed by atoms with van der Waals surface area (Å²) in [4.78, 5) is 12.2. The number of carbonyl (C=O) groups is 1. The molecule has 0 aliphatic rings. The lowest BCUT2D eigenvalue weighted by Gasteiger charge is -2.15. The molecule has 0 saturated carbocycles. The number of nitrogens with one attached hydrogen (secondary N) is 2. The van der Waals surface area contributed by atoms with Crippen LogP contribution in [0.25, 0.3) is 0 Å². The molecule has 0 spiro atoms. The largest absolute Gasteiger partial charge is 0.493 e. The van der Waals surface area contributed by atoms with Crippen LogP contribution in [0.4, 0.5) is 11.4 Å². The summed E-state index contributed by atoms with van der Waals surface area (Å²) < 4.78 is 29.1. The molecule has 0 radical (unpaired) electrons. The molecule has 6 nitrogen and oxygen atoms in total. The normalized spacial score (nSPS) is 11.0. The number of ether oxygens (including phenoxy) is 1. The molecule has 2 aromatic rings. The van der Waals surface area contributed by atoms with Gasteiger partial charge in [0.05, 0.1) is 19.3 Å². The SMILES string of the molecule is COc1c(NCC(=O)Nc2ccc(Cl)cc2)cc(C)cc1S(C)(=O)=O. The van der Waals surface area contributed by atoms with Gasteiger partial charge in [-0.25, -0.2) is 8.42 Å². The summed E-state index contributed by atoms with van der Waals surface area (Å²) >= 11 is 5.80.